The molecule has 38 heavy (non-hydrogen) atoms. The number of nitrogens with zero attached hydrogens (tertiary/aromatic N) is 2. The summed E-state index contributed by atoms with van der Waals surface area (Å²) in [4.78, 5) is 27.7. The number of hydrogen-bond acceptors (Lipinski definition) is 5. The maximum absolute atomic E-state index is 13.8. The molecule has 8 nitrogen and oxygen atoms in total. The molecule has 3 aromatic carbocycles. The van der Waals surface area contributed by atoms with E-state index in [4.69, 9.17) is 27.9 Å². The molecule has 11 heteroatoms. The fraction of sp³-hybridized carbons (Fsp3) is 0.259. The van der Waals surface area contributed by atoms with Gasteiger partial charge in [-0.3, -0.25) is 13.9 Å². The number of carbonyl (C=O) groups is 2. The molecule has 0 radical (unpaired) electrons. The molecule has 0 saturated heterocycles. The van der Waals surface area contributed by atoms with Gasteiger partial charge in [0.2, 0.25) is 11.8 Å². The largest absolute Gasteiger partial charge is 0.497 e. The highest BCUT2D eigenvalue weighted by atomic mass is 35.5. The Morgan fingerprint density at radius 3 is 2.32 bits per heavy atom. The molecule has 0 aliphatic heterocycles. The van der Waals surface area contributed by atoms with Gasteiger partial charge in [0.25, 0.3) is 10.0 Å². The number of likely N-dealkylation sites (N-methyl/N-ethyl adjacent to an activating group) is 1. The first-order chi connectivity index (χ1) is 18.0. The third-order valence-electron chi connectivity index (χ3n) is 6.00. The highest BCUT2D eigenvalue weighted by Gasteiger charge is 2.32. The van der Waals surface area contributed by atoms with Gasteiger partial charge in [-0.25, -0.2) is 8.42 Å². The molecule has 3 aromatic rings. The van der Waals surface area contributed by atoms with Gasteiger partial charge in [-0.1, -0.05) is 53.0 Å². The molecular weight excluding hydrogens is 549 g/mol. The summed E-state index contributed by atoms with van der Waals surface area (Å²) in [6.45, 7) is 2.79. The van der Waals surface area contributed by atoms with Crippen LogP contribution in [-0.4, -0.2) is 51.9 Å². The molecule has 0 fully saturated rings. The van der Waals surface area contributed by atoms with E-state index in [0.717, 1.165) is 9.87 Å². The van der Waals surface area contributed by atoms with Crippen LogP contribution in [0, 0.1) is 6.92 Å². The van der Waals surface area contributed by atoms with Gasteiger partial charge in [0.15, 0.2) is 0 Å². The number of methoxy groups -OCH3 is 1. The average Bonchev–Trinajstić information content (AvgIpc) is 2.90. The Kier molecular flexibility index (Phi) is 9.65. The van der Waals surface area contributed by atoms with Gasteiger partial charge in [0.05, 0.1) is 17.7 Å². The van der Waals surface area contributed by atoms with Gasteiger partial charge in [0, 0.05) is 29.7 Å². The van der Waals surface area contributed by atoms with E-state index in [1.807, 2.05) is 6.92 Å². The Labute approximate surface area is 233 Å². The maximum atomic E-state index is 13.8. The van der Waals surface area contributed by atoms with E-state index in [0.29, 0.717) is 21.4 Å². The number of hydrogen-bond donors (Lipinski definition) is 1. The first kappa shape index (κ1) is 29.3. The topological polar surface area (TPSA) is 96.0 Å². The van der Waals surface area contributed by atoms with Crippen LogP contribution in [-0.2, 0) is 26.2 Å². The number of ether oxygens (including phenoxy) is 1. The van der Waals surface area contributed by atoms with Crippen LogP contribution in [0.1, 0.15) is 18.1 Å². The molecule has 0 spiro atoms. The Balaban J connectivity index is 2.07. The van der Waals surface area contributed by atoms with E-state index in [1.54, 1.807) is 49.4 Å². The Hall–Kier alpha value is -3.27. The Bertz CT molecular complexity index is 1410. The summed E-state index contributed by atoms with van der Waals surface area (Å²) < 4.78 is 33.9. The minimum atomic E-state index is -4.18. The van der Waals surface area contributed by atoms with Crippen molar-refractivity contribution < 1.29 is 22.7 Å². The van der Waals surface area contributed by atoms with Crippen molar-refractivity contribution in [2.45, 2.75) is 31.3 Å². The number of halogens is 2. The molecule has 0 aliphatic rings. The number of anilines is 1. The number of sulfonamides is 1. The minimum absolute atomic E-state index is 0.0189. The average molecular weight is 579 g/mol. The number of amides is 2. The highest BCUT2D eigenvalue weighted by Crippen LogP contribution is 2.28. The lowest BCUT2D eigenvalue weighted by Crippen LogP contribution is -2.50. The van der Waals surface area contributed by atoms with Gasteiger partial charge in [0.1, 0.15) is 18.3 Å². The predicted octanol–water partition coefficient (Wildman–Crippen LogP) is 4.67. The number of rotatable bonds is 10. The van der Waals surface area contributed by atoms with Gasteiger partial charge in [-0.2, -0.15) is 0 Å². The normalized spacial score (nSPS) is 11.9. The van der Waals surface area contributed by atoms with Crippen LogP contribution in [0.3, 0.4) is 0 Å². The standard InChI is InChI=1S/C27H29Cl2N3O5S/c1-18-8-12-24(13-9-18)38(35,36)32(22-6-5-7-23(15-22)37-4)17-26(33)31(19(2)27(34)30-3)16-20-10-11-21(28)14-25(20)29/h5-15,19H,16-17H2,1-4H3,(H,30,34). The second-order valence-corrected chi connectivity index (χ2v) is 11.3. The summed E-state index contributed by atoms with van der Waals surface area (Å²) in [5.74, 6) is -0.606. The molecule has 1 N–H and O–H groups in total. The second kappa shape index (κ2) is 12.5. The summed E-state index contributed by atoms with van der Waals surface area (Å²) in [5, 5.41) is 3.27. The number of benzene rings is 3. The third-order valence-corrected chi connectivity index (χ3v) is 8.37. The van der Waals surface area contributed by atoms with Gasteiger partial charge < -0.3 is 15.0 Å². The van der Waals surface area contributed by atoms with Crippen LogP contribution >= 0.6 is 23.2 Å². The maximum Gasteiger partial charge on any atom is 0.264 e. The van der Waals surface area contributed by atoms with Crippen molar-refractivity contribution in [3.8, 4) is 5.75 Å². The van der Waals surface area contributed by atoms with Crippen LogP contribution in [0.25, 0.3) is 0 Å². The van der Waals surface area contributed by atoms with Gasteiger partial charge in [-0.05, 0) is 55.8 Å². The Morgan fingerprint density at radius 2 is 1.71 bits per heavy atom. The lowest BCUT2D eigenvalue weighted by molar-refractivity contribution is -0.139. The van der Waals surface area contributed by atoms with E-state index in [9.17, 15) is 18.0 Å². The van der Waals surface area contributed by atoms with Crippen LogP contribution in [0.2, 0.25) is 10.0 Å². The lowest BCUT2D eigenvalue weighted by atomic mass is 10.1. The van der Waals surface area contributed by atoms with E-state index in [1.165, 1.54) is 43.3 Å². The zero-order chi connectivity index (χ0) is 28.0. The summed E-state index contributed by atoms with van der Waals surface area (Å²) in [5.41, 5.74) is 1.67. The summed E-state index contributed by atoms with van der Waals surface area (Å²) in [6.07, 6.45) is 0. The summed E-state index contributed by atoms with van der Waals surface area (Å²) >= 11 is 12.4. The second-order valence-electron chi connectivity index (χ2n) is 8.57. The fourth-order valence-corrected chi connectivity index (χ4v) is 5.63. The number of nitrogens with one attached hydrogen (secondary N) is 1. The monoisotopic (exact) mass is 577 g/mol. The zero-order valence-electron chi connectivity index (χ0n) is 21.4. The molecule has 1 atom stereocenters. The lowest BCUT2D eigenvalue weighted by Gasteiger charge is -2.32. The molecule has 0 saturated carbocycles. The highest BCUT2D eigenvalue weighted by molar-refractivity contribution is 7.92. The molecule has 1 unspecified atom stereocenters. The first-order valence-electron chi connectivity index (χ1n) is 11.7. The minimum Gasteiger partial charge on any atom is -0.497 e. The number of aryl methyl sites for hydroxylation is 1. The van der Waals surface area contributed by atoms with E-state index in [-0.39, 0.29) is 17.1 Å². The molecule has 3 rings (SSSR count). The summed E-state index contributed by atoms with van der Waals surface area (Å²) in [7, 11) is -1.25. The Morgan fingerprint density at radius 1 is 1.03 bits per heavy atom. The molecule has 202 valence electrons. The van der Waals surface area contributed by atoms with Gasteiger partial charge in [-0.15, -0.1) is 0 Å². The first-order valence-corrected chi connectivity index (χ1v) is 13.9. The molecule has 0 heterocycles. The van der Waals surface area contributed by atoms with Crippen LogP contribution < -0.4 is 14.4 Å². The van der Waals surface area contributed by atoms with E-state index < -0.39 is 34.4 Å². The zero-order valence-corrected chi connectivity index (χ0v) is 23.8. The van der Waals surface area contributed by atoms with Crippen molar-refractivity contribution in [1.82, 2.24) is 10.2 Å². The smallest absolute Gasteiger partial charge is 0.264 e. The van der Waals surface area contributed by atoms with E-state index >= 15 is 0 Å². The fourth-order valence-electron chi connectivity index (χ4n) is 3.76. The van der Waals surface area contributed by atoms with Crippen molar-refractivity contribution in [3.63, 3.8) is 0 Å². The van der Waals surface area contributed by atoms with Gasteiger partial charge >= 0.3 is 0 Å². The SMILES string of the molecule is CNC(=O)C(C)N(Cc1ccc(Cl)cc1Cl)C(=O)CN(c1cccc(OC)c1)S(=O)(=O)c1ccc(C)cc1. The molecule has 0 aromatic heterocycles. The van der Waals surface area contributed by atoms with Crippen LogP contribution in [0.15, 0.2) is 71.6 Å². The van der Waals surface area contributed by atoms with E-state index in [2.05, 4.69) is 5.32 Å². The summed E-state index contributed by atoms with van der Waals surface area (Å²) in [6, 6.07) is 16.6. The third kappa shape index (κ3) is 6.78. The van der Waals surface area contributed by atoms with Crippen molar-refractivity contribution in [2.75, 3.05) is 25.0 Å². The predicted molar refractivity (Wildman–Crippen MR) is 149 cm³/mol. The molecule has 0 bridgehead atoms. The van der Waals surface area contributed by atoms with Crippen molar-refractivity contribution in [1.29, 1.82) is 0 Å². The molecule has 0 aliphatic carbocycles. The quantitative estimate of drug-likeness (QED) is 0.378. The molecular formula is C27H29Cl2N3O5S. The van der Waals surface area contributed by atoms with Crippen molar-refractivity contribution >= 4 is 50.7 Å². The molecule has 2 amide bonds. The van der Waals surface area contributed by atoms with Crippen LogP contribution in [0.4, 0.5) is 5.69 Å². The van der Waals surface area contributed by atoms with Crippen molar-refractivity contribution in [2.24, 2.45) is 0 Å². The number of carbonyl (C=O) groups excluding carboxylic acids is 2. The van der Waals surface area contributed by atoms with Crippen LogP contribution in [0.5, 0.6) is 5.75 Å². The van der Waals surface area contributed by atoms with Crippen molar-refractivity contribution in [3.05, 3.63) is 87.9 Å².